The number of amides is 1. The van der Waals surface area contributed by atoms with Gasteiger partial charge in [0.15, 0.2) is 6.10 Å². The Labute approximate surface area is 93.9 Å². The second-order valence-electron chi connectivity index (χ2n) is 3.70. The van der Waals surface area contributed by atoms with E-state index in [2.05, 4.69) is 10.1 Å². The SMILES string of the molecule is COC(=O)C(O)CNC(=O)C1CCCOC1. The van der Waals surface area contributed by atoms with Crippen molar-refractivity contribution in [3.05, 3.63) is 0 Å². The van der Waals surface area contributed by atoms with Crippen LogP contribution in [0.15, 0.2) is 0 Å². The van der Waals surface area contributed by atoms with E-state index in [-0.39, 0.29) is 18.4 Å². The van der Waals surface area contributed by atoms with Crippen LogP contribution in [-0.4, -0.2) is 50.0 Å². The van der Waals surface area contributed by atoms with E-state index in [1.807, 2.05) is 0 Å². The smallest absolute Gasteiger partial charge is 0.336 e. The molecule has 1 rings (SSSR count). The van der Waals surface area contributed by atoms with Gasteiger partial charge in [0, 0.05) is 6.61 Å². The summed E-state index contributed by atoms with van der Waals surface area (Å²) in [5.41, 5.74) is 0. The van der Waals surface area contributed by atoms with E-state index in [4.69, 9.17) is 4.74 Å². The average molecular weight is 231 g/mol. The second-order valence-corrected chi connectivity index (χ2v) is 3.70. The van der Waals surface area contributed by atoms with Gasteiger partial charge in [-0.25, -0.2) is 4.79 Å². The molecular weight excluding hydrogens is 214 g/mol. The second kappa shape index (κ2) is 6.44. The number of aliphatic hydroxyl groups is 1. The zero-order valence-corrected chi connectivity index (χ0v) is 9.27. The van der Waals surface area contributed by atoms with Crippen molar-refractivity contribution in [3.63, 3.8) is 0 Å². The third-order valence-corrected chi connectivity index (χ3v) is 2.47. The third kappa shape index (κ3) is 3.79. The number of hydrogen-bond donors (Lipinski definition) is 2. The predicted molar refractivity (Wildman–Crippen MR) is 54.6 cm³/mol. The van der Waals surface area contributed by atoms with E-state index < -0.39 is 12.1 Å². The summed E-state index contributed by atoms with van der Waals surface area (Å²) in [6, 6.07) is 0. The molecular formula is C10H17NO5. The molecule has 92 valence electrons. The predicted octanol–water partition coefficient (Wildman–Crippen LogP) is -0.937. The number of ether oxygens (including phenoxy) is 2. The summed E-state index contributed by atoms with van der Waals surface area (Å²) in [7, 11) is 1.18. The van der Waals surface area contributed by atoms with Gasteiger partial charge in [0.05, 0.1) is 26.2 Å². The normalized spacial score (nSPS) is 22.2. The fraction of sp³-hybridized carbons (Fsp3) is 0.800. The molecule has 0 aromatic carbocycles. The van der Waals surface area contributed by atoms with Crippen molar-refractivity contribution in [3.8, 4) is 0 Å². The molecule has 2 N–H and O–H groups in total. The molecule has 0 aromatic rings. The quantitative estimate of drug-likeness (QED) is 0.610. The molecule has 1 fully saturated rings. The molecule has 1 amide bonds. The van der Waals surface area contributed by atoms with Crippen LogP contribution in [0.25, 0.3) is 0 Å². The minimum absolute atomic E-state index is 0.123. The van der Waals surface area contributed by atoms with Crippen molar-refractivity contribution in [1.82, 2.24) is 5.32 Å². The maximum Gasteiger partial charge on any atom is 0.336 e. The number of carbonyl (C=O) groups excluding carboxylic acids is 2. The van der Waals surface area contributed by atoms with Gasteiger partial charge in [-0.15, -0.1) is 0 Å². The molecule has 1 heterocycles. The maximum absolute atomic E-state index is 11.6. The molecule has 2 unspecified atom stereocenters. The van der Waals surface area contributed by atoms with Gasteiger partial charge in [-0.1, -0.05) is 0 Å². The maximum atomic E-state index is 11.6. The Balaban J connectivity index is 2.26. The number of methoxy groups -OCH3 is 1. The topological polar surface area (TPSA) is 84.9 Å². The van der Waals surface area contributed by atoms with Crippen LogP contribution >= 0.6 is 0 Å². The highest BCUT2D eigenvalue weighted by Gasteiger charge is 2.23. The molecule has 1 aliphatic heterocycles. The minimum atomic E-state index is -1.31. The highest BCUT2D eigenvalue weighted by atomic mass is 16.5. The third-order valence-electron chi connectivity index (χ3n) is 2.47. The van der Waals surface area contributed by atoms with E-state index in [9.17, 15) is 14.7 Å². The number of hydrogen-bond acceptors (Lipinski definition) is 5. The van der Waals surface area contributed by atoms with E-state index in [0.29, 0.717) is 13.2 Å². The summed E-state index contributed by atoms with van der Waals surface area (Å²) in [5.74, 6) is -1.12. The summed E-state index contributed by atoms with van der Waals surface area (Å²) >= 11 is 0. The van der Waals surface area contributed by atoms with Gasteiger partial charge in [-0.05, 0) is 12.8 Å². The zero-order valence-electron chi connectivity index (χ0n) is 9.27. The highest BCUT2D eigenvalue weighted by molar-refractivity contribution is 5.80. The molecule has 16 heavy (non-hydrogen) atoms. The van der Waals surface area contributed by atoms with Crippen LogP contribution in [0, 0.1) is 5.92 Å². The van der Waals surface area contributed by atoms with E-state index in [0.717, 1.165) is 12.8 Å². The first-order valence-corrected chi connectivity index (χ1v) is 5.26. The van der Waals surface area contributed by atoms with Crippen LogP contribution in [0.1, 0.15) is 12.8 Å². The van der Waals surface area contributed by atoms with Gasteiger partial charge in [0.1, 0.15) is 0 Å². The Morgan fingerprint density at radius 2 is 2.38 bits per heavy atom. The van der Waals surface area contributed by atoms with Crippen LogP contribution in [0.5, 0.6) is 0 Å². The number of aliphatic hydroxyl groups excluding tert-OH is 1. The lowest BCUT2D eigenvalue weighted by atomic mass is 10.0. The van der Waals surface area contributed by atoms with Crippen molar-refractivity contribution >= 4 is 11.9 Å². The number of nitrogens with one attached hydrogen (secondary N) is 1. The summed E-state index contributed by atoms with van der Waals surface area (Å²) in [5, 5.41) is 11.7. The molecule has 1 aliphatic rings. The molecule has 0 bridgehead atoms. The molecule has 2 atom stereocenters. The molecule has 0 saturated carbocycles. The Morgan fingerprint density at radius 3 is 2.94 bits per heavy atom. The molecule has 0 radical (unpaired) electrons. The van der Waals surface area contributed by atoms with Crippen molar-refractivity contribution in [1.29, 1.82) is 0 Å². The fourth-order valence-corrected chi connectivity index (χ4v) is 1.51. The molecule has 0 aromatic heterocycles. The highest BCUT2D eigenvalue weighted by Crippen LogP contribution is 2.13. The van der Waals surface area contributed by atoms with E-state index in [1.165, 1.54) is 7.11 Å². The van der Waals surface area contributed by atoms with Crippen LogP contribution in [0.2, 0.25) is 0 Å². The van der Waals surface area contributed by atoms with Crippen LogP contribution in [0.4, 0.5) is 0 Å². The first kappa shape index (κ1) is 12.9. The summed E-state index contributed by atoms with van der Waals surface area (Å²) in [6.45, 7) is 0.969. The lowest BCUT2D eigenvalue weighted by Gasteiger charge is -2.21. The summed E-state index contributed by atoms with van der Waals surface area (Å²) in [6.07, 6.45) is 0.330. The average Bonchev–Trinajstić information content (AvgIpc) is 2.35. The molecule has 0 aliphatic carbocycles. The van der Waals surface area contributed by atoms with Gasteiger partial charge >= 0.3 is 5.97 Å². The lowest BCUT2D eigenvalue weighted by molar-refractivity contribution is -0.150. The Kier molecular flexibility index (Phi) is 5.21. The Hall–Kier alpha value is -1.14. The van der Waals surface area contributed by atoms with Gasteiger partial charge in [-0.2, -0.15) is 0 Å². The van der Waals surface area contributed by atoms with Crippen molar-refractivity contribution < 1.29 is 24.2 Å². The molecule has 6 heteroatoms. The van der Waals surface area contributed by atoms with Crippen molar-refractivity contribution in [2.75, 3.05) is 26.9 Å². The van der Waals surface area contributed by atoms with Crippen molar-refractivity contribution in [2.24, 2.45) is 5.92 Å². The van der Waals surface area contributed by atoms with Gasteiger partial charge in [0.2, 0.25) is 5.91 Å². The number of esters is 1. The number of rotatable bonds is 4. The molecule has 1 saturated heterocycles. The van der Waals surface area contributed by atoms with Crippen LogP contribution < -0.4 is 5.32 Å². The van der Waals surface area contributed by atoms with Crippen molar-refractivity contribution in [2.45, 2.75) is 18.9 Å². The Morgan fingerprint density at radius 1 is 1.62 bits per heavy atom. The van der Waals surface area contributed by atoms with E-state index >= 15 is 0 Å². The summed E-state index contributed by atoms with van der Waals surface area (Å²) in [4.78, 5) is 22.4. The zero-order chi connectivity index (χ0) is 12.0. The summed E-state index contributed by atoms with van der Waals surface area (Å²) < 4.78 is 9.49. The Bertz CT molecular complexity index is 250. The van der Waals surface area contributed by atoms with Gasteiger partial charge < -0.3 is 19.9 Å². The molecule has 6 nitrogen and oxygen atoms in total. The fourth-order valence-electron chi connectivity index (χ4n) is 1.51. The van der Waals surface area contributed by atoms with Crippen LogP contribution in [-0.2, 0) is 19.1 Å². The molecule has 0 spiro atoms. The monoisotopic (exact) mass is 231 g/mol. The van der Waals surface area contributed by atoms with Crippen LogP contribution in [0.3, 0.4) is 0 Å². The number of carbonyl (C=O) groups is 2. The van der Waals surface area contributed by atoms with Gasteiger partial charge in [0.25, 0.3) is 0 Å². The first-order chi connectivity index (χ1) is 7.65. The van der Waals surface area contributed by atoms with E-state index in [1.54, 1.807) is 0 Å². The minimum Gasteiger partial charge on any atom is -0.467 e. The largest absolute Gasteiger partial charge is 0.467 e. The lowest BCUT2D eigenvalue weighted by Crippen LogP contribution is -2.41. The standard InChI is InChI=1S/C10H17NO5/c1-15-10(14)8(12)5-11-9(13)7-3-2-4-16-6-7/h7-8,12H,2-6H2,1H3,(H,11,13). The first-order valence-electron chi connectivity index (χ1n) is 5.26. The van der Waals surface area contributed by atoms with Gasteiger partial charge in [-0.3, -0.25) is 4.79 Å².